The Bertz CT molecular complexity index is 1260. The van der Waals surface area contributed by atoms with Crippen molar-refractivity contribution in [1.29, 1.82) is 0 Å². The fourth-order valence-corrected chi connectivity index (χ4v) is 4.84. The van der Waals surface area contributed by atoms with Gasteiger partial charge in [0.05, 0.1) is 23.1 Å². The number of halogens is 2. The highest BCUT2D eigenvalue weighted by Gasteiger charge is 2.25. The van der Waals surface area contributed by atoms with E-state index in [9.17, 15) is 17.6 Å². The Morgan fingerprint density at radius 3 is 2.50 bits per heavy atom. The van der Waals surface area contributed by atoms with Gasteiger partial charge >= 0.3 is 5.97 Å². The van der Waals surface area contributed by atoms with Gasteiger partial charge in [0.2, 0.25) is 10.0 Å². The summed E-state index contributed by atoms with van der Waals surface area (Å²) in [5.74, 6) is -1.27. The van der Waals surface area contributed by atoms with E-state index in [2.05, 4.69) is 4.98 Å². The number of aromatic nitrogens is 1. The molecule has 0 radical (unpaired) electrons. The molecule has 170 valence electrons. The number of rotatable bonds is 8. The number of hydrogen-bond acceptors (Lipinski definition) is 6. The number of sulfonamides is 1. The van der Waals surface area contributed by atoms with Crippen molar-refractivity contribution < 1.29 is 27.1 Å². The third-order valence-corrected chi connectivity index (χ3v) is 7.28. The molecule has 0 fully saturated rings. The lowest BCUT2D eigenvalue weighted by atomic mass is 10.1. The van der Waals surface area contributed by atoms with Crippen molar-refractivity contribution in [2.45, 2.75) is 25.3 Å². The lowest BCUT2D eigenvalue weighted by molar-refractivity contribution is 0.0467. The molecule has 10 heteroatoms. The molecule has 0 aliphatic rings. The van der Waals surface area contributed by atoms with Gasteiger partial charge in [-0.25, -0.2) is 22.6 Å². The third-order valence-electron chi connectivity index (χ3n) is 4.91. The van der Waals surface area contributed by atoms with Crippen molar-refractivity contribution in [2.75, 3.05) is 20.2 Å². The lowest BCUT2D eigenvalue weighted by Crippen LogP contribution is -2.30. The first-order chi connectivity index (χ1) is 15.2. The quantitative estimate of drug-likeness (QED) is 0.350. The van der Waals surface area contributed by atoms with E-state index in [1.807, 2.05) is 0 Å². The Balaban J connectivity index is 1.84. The predicted molar refractivity (Wildman–Crippen MR) is 119 cm³/mol. The maximum atomic E-state index is 14.3. The van der Waals surface area contributed by atoms with Gasteiger partial charge in [-0.05, 0) is 36.4 Å². The minimum atomic E-state index is -3.86. The molecule has 1 heterocycles. The second-order valence-electron chi connectivity index (χ2n) is 6.80. The van der Waals surface area contributed by atoms with E-state index in [0.29, 0.717) is 16.8 Å². The summed E-state index contributed by atoms with van der Waals surface area (Å²) >= 11 is 6.21. The molecular formula is C22H22ClFN2O5S. The number of nitrogens with zero attached hydrogens (tertiary/aromatic N) is 2. The summed E-state index contributed by atoms with van der Waals surface area (Å²) < 4.78 is 51.3. The molecule has 3 rings (SSSR count). The number of hydrogen-bond donors (Lipinski definition) is 0. The van der Waals surface area contributed by atoms with Crippen LogP contribution in [0, 0.1) is 5.82 Å². The second kappa shape index (κ2) is 9.81. The van der Waals surface area contributed by atoms with Gasteiger partial charge in [-0.3, -0.25) is 0 Å². The molecule has 0 saturated heterocycles. The van der Waals surface area contributed by atoms with Gasteiger partial charge in [0.1, 0.15) is 23.3 Å². The fraction of sp³-hybridized carbons (Fsp3) is 0.273. The smallest absolute Gasteiger partial charge is 0.341 e. The summed E-state index contributed by atoms with van der Waals surface area (Å²) in [6, 6.07) is 10.00. The largest absolute Gasteiger partial charge is 0.497 e. The van der Waals surface area contributed by atoms with Crippen molar-refractivity contribution in [3.8, 4) is 5.75 Å². The van der Waals surface area contributed by atoms with E-state index in [-0.39, 0.29) is 29.7 Å². The zero-order valence-electron chi connectivity index (χ0n) is 17.8. The average Bonchev–Trinajstić information content (AvgIpc) is 2.77. The molecule has 0 N–H and O–H groups in total. The highest BCUT2D eigenvalue weighted by molar-refractivity contribution is 7.89. The second-order valence-corrected chi connectivity index (χ2v) is 9.10. The first kappa shape index (κ1) is 23.9. The number of pyridine rings is 1. The van der Waals surface area contributed by atoms with Crippen molar-refractivity contribution in [3.05, 3.63) is 64.6 Å². The Hall–Kier alpha value is -2.75. The predicted octanol–water partition coefficient (Wildman–Crippen LogP) is 4.42. The summed E-state index contributed by atoms with van der Waals surface area (Å²) in [6.07, 6.45) is 0. The highest BCUT2D eigenvalue weighted by atomic mass is 35.5. The maximum absolute atomic E-state index is 14.3. The van der Waals surface area contributed by atoms with Crippen LogP contribution < -0.4 is 4.74 Å². The van der Waals surface area contributed by atoms with E-state index < -0.39 is 27.4 Å². The molecule has 2 aromatic carbocycles. The van der Waals surface area contributed by atoms with Crippen LogP contribution in [0.1, 0.15) is 29.8 Å². The topological polar surface area (TPSA) is 85.8 Å². The number of methoxy groups -OCH3 is 1. The Morgan fingerprint density at radius 2 is 1.84 bits per heavy atom. The number of esters is 1. The molecule has 0 amide bonds. The number of fused-ring (bicyclic) bond motifs is 1. The summed E-state index contributed by atoms with van der Waals surface area (Å²) in [7, 11) is -2.32. The van der Waals surface area contributed by atoms with Crippen molar-refractivity contribution in [1.82, 2.24) is 9.29 Å². The molecule has 0 atom stereocenters. The van der Waals surface area contributed by atoms with Crippen LogP contribution in [0.5, 0.6) is 5.75 Å². The van der Waals surface area contributed by atoms with Crippen LogP contribution in [-0.4, -0.2) is 43.9 Å². The molecule has 0 bridgehead atoms. The van der Waals surface area contributed by atoms with Crippen molar-refractivity contribution in [2.24, 2.45) is 0 Å². The molecule has 0 spiro atoms. The molecule has 0 aliphatic carbocycles. The maximum Gasteiger partial charge on any atom is 0.341 e. The van der Waals surface area contributed by atoms with Crippen LogP contribution >= 0.6 is 11.6 Å². The highest BCUT2D eigenvalue weighted by Crippen LogP contribution is 2.25. The van der Waals surface area contributed by atoms with Gasteiger partial charge in [-0.15, -0.1) is 0 Å². The first-order valence-electron chi connectivity index (χ1n) is 9.81. The molecule has 32 heavy (non-hydrogen) atoms. The Labute approximate surface area is 190 Å². The fourth-order valence-electron chi connectivity index (χ4n) is 3.15. The standard InChI is InChI=1S/C22H22ClFN2O5S/c1-4-26(5-2)32(28,29)17-8-9-19(24)18(12-17)22(27)31-13-15-10-14-6-7-16(30-3)11-20(14)25-21(15)23/h6-12H,4-5,13H2,1-3H3. The normalized spacial score (nSPS) is 11.7. The third kappa shape index (κ3) is 4.85. The zero-order valence-corrected chi connectivity index (χ0v) is 19.3. The van der Waals surface area contributed by atoms with Crippen molar-refractivity contribution >= 4 is 38.5 Å². The number of benzene rings is 2. The molecule has 3 aromatic rings. The van der Waals surface area contributed by atoms with Crippen LogP contribution in [0.2, 0.25) is 5.15 Å². The summed E-state index contributed by atoms with van der Waals surface area (Å²) in [6.45, 7) is 3.61. The van der Waals surface area contributed by atoms with Crippen LogP contribution in [0.25, 0.3) is 10.9 Å². The molecule has 7 nitrogen and oxygen atoms in total. The number of carbonyl (C=O) groups is 1. The molecule has 0 unspecified atom stereocenters. The van der Waals surface area contributed by atoms with E-state index in [0.717, 1.165) is 23.6 Å². The van der Waals surface area contributed by atoms with Gasteiger partial charge in [0, 0.05) is 30.1 Å². The van der Waals surface area contributed by atoms with E-state index >= 15 is 0 Å². The van der Waals surface area contributed by atoms with Gasteiger partial charge < -0.3 is 9.47 Å². The average molecular weight is 481 g/mol. The van der Waals surface area contributed by atoms with Crippen LogP contribution in [0.15, 0.2) is 47.4 Å². The van der Waals surface area contributed by atoms with Gasteiger partial charge in [-0.1, -0.05) is 25.4 Å². The van der Waals surface area contributed by atoms with Crippen LogP contribution in [0.3, 0.4) is 0 Å². The van der Waals surface area contributed by atoms with Gasteiger partial charge in [-0.2, -0.15) is 4.31 Å². The van der Waals surface area contributed by atoms with Crippen molar-refractivity contribution in [3.63, 3.8) is 0 Å². The first-order valence-corrected chi connectivity index (χ1v) is 11.6. The van der Waals surface area contributed by atoms with E-state index in [1.165, 1.54) is 11.4 Å². The zero-order chi connectivity index (χ0) is 23.5. The number of ether oxygens (including phenoxy) is 2. The van der Waals surface area contributed by atoms with Crippen LogP contribution in [-0.2, 0) is 21.4 Å². The minimum absolute atomic E-state index is 0.122. The van der Waals surface area contributed by atoms with Crippen LogP contribution in [0.4, 0.5) is 4.39 Å². The van der Waals surface area contributed by atoms with E-state index in [4.69, 9.17) is 21.1 Å². The Morgan fingerprint density at radius 1 is 1.12 bits per heavy atom. The van der Waals surface area contributed by atoms with E-state index in [1.54, 1.807) is 38.1 Å². The summed E-state index contributed by atoms with van der Waals surface area (Å²) in [4.78, 5) is 16.6. The Kier molecular flexibility index (Phi) is 7.33. The van der Waals surface area contributed by atoms with Gasteiger partial charge in [0.15, 0.2) is 0 Å². The van der Waals surface area contributed by atoms with Gasteiger partial charge in [0.25, 0.3) is 0 Å². The lowest BCUT2D eigenvalue weighted by Gasteiger charge is -2.18. The summed E-state index contributed by atoms with van der Waals surface area (Å²) in [5.41, 5.74) is 0.544. The molecule has 0 aliphatic heterocycles. The summed E-state index contributed by atoms with van der Waals surface area (Å²) in [5, 5.41) is 0.872. The molecule has 1 aromatic heterocycles. The SMILES string of the molecule is CCN(CC)S(=O)(=O)c1ccc(F)c(C(=O)OCc2cc3ccc(OC)cc3nc2Cl)c1. The number of carbonyl (C=O) groups excluding carboxylic acids is 1. The molecular weight excluding hydrogens is 459 g/mol. The monoisotopic (exact) mass is 480 g/mol. The molecule has 0 saturated carbocycles. The minimum Gasteiger partial charge on any atom is -0.497 e.